The van der Waals surface area contributed by atoms with E-state index in [1.807, 2.05) is 0 Å². The fraction of sp³-hybridized carbons (Fsp3) is 0.250. The first-order valence-electron chi connectivity index (χ1n) is 9.12. The molecule has 1 aromatic heterocycles. The average molecular weight is 485 g/mol. The van der Waals surface area contributed by atoms with Gasteiger partial charge < -0.3 is 9.64 Å². The number of halogens is 2. The summed E-state index contributed by atoms with van der Waals surface area (Å²) in [5.41, 5.74) is 0. The van der Waals surface area contributed by atoms with E-state index in [1.165, 1.54) is 34.9 Å². The van der Waals surface area contributed by atoms with Crippen LogP contribution in [0.1, 0.15) is 9.67 Å². The summed E-state index contributed by atoms with van der Waals surface area (Å²) in [6.07, 6.45) is 0. The van der Waals surface area contributed by atoms with Crippen molar-refractivity contribution in [2.75, 3.05) is 33.3 Å². The molecule has 0 unspecified atom stereocenters. The van der Waals surface area contributed by atoms with Gasteiger partial charge in [0, 0.05) is 41.3 Å². The lowest BCUT2D eigenvalue weighted by Crippen LogP contribution is -2.50. The van der Waals surface area contributed by atoms with Gasteiger partial charge in [0.1, 0.15) is 10.6 Å². The Bertz CT molecular complexity index is 1200. The van der Waals surface area contributed by atoms with Crippen molar-refractivity contribution in [1.29, 1.82) is 0 Å². The molecule has 30 heavy (non-hydrogen) atoms. The minimum atomic E-state index is -3.63. The number of fused-ring (bicyclic) bond motifs is 1. The smallest absolute Gasteiger partial charge is 0.265 e. The molecule has 6 nitrogen and oxygen atoms in total. The van der Waals surface area contributed by atoms with E-state index in [1.54, 1.807) is 35.2 Å². The number of methoxy groups -OCH3 is 1. The number of amides is 1. The number of rotatable bonds is 4. The summed E-state index contributed by atoms with van der Waals surface area (Å²) in [5, 5.41) is 1.77. The zero-order valence-corrected chi connectivity index (χ0v) is 19.1. The largest absolute Gasteiger partial charge is 0.497 e. The molecule has 0 spiro atoms. The molecule has 10 heteroatoms. The summed E-state index contributed by atoms with van der Waals surface area (Å²) in [4.78, 5) is 15.3. The van der Waals surface area contributed by atoms with Crippen LogP contribution < -0.4 is 4.74 Å². The van der Waals surface area contributed by atoms with Crippen molar-refractivity contribution in [3.05, 3.63) is 57.4 Å². The molecule has 158 valence electrons. The van der Waals surface area contributed by atoms with Gasteiger partial charge in [-0.25, -0.2) is 8.42 Å². The third-order valence-corrected chi connectivity index (χ3v) is 8.80. The first-order chi connectivity index (χ1) is 14.3. The molecule has 0 aliphatic carbocycles. The molecule has 2 heterocycles. The van der Waals surface area contributed by atoms with Gasteiger partial charge in [-0.15, -0.1) is 11.3 Å². The number of sulfonamides is 1. The molecule has 1 saturated heterocycles. The number of carbonyl (C=O) groups excluding carboxylic acids is 1. The number of piperazine rings is 1. The molecular formula is C20H18Cl2N2O4S2. The summed E-state index contributed by atoms with van der Waals surface area (Å²) in [6, 6.07) is 11.6. The molecule has 0 atom stereocenters. The Kier molecular flexibility index (Phi) is 5.96. The van der Waals surface area contributed by atoms with Gasteiger partial charge in [-0.3, -0.25) is 4.79 Å². The molecule has 2 aromatic carbocycles. The van der Waals surface area contributed by atoms with Gasteiger partial charge in [0.25, 0.3) is 5.91 Å². The van der Waals surface area contributed by atoms with Crippen LogP contribution in [0.2, 0.25) is 10.0 Å². The Labute approximate surface area is 188 Å². The molecule has 0 bridgehead atoms. The summed E-state index contributed by atoms with van der Waals surface area (Å²) in [5.74, 6) is 0.393. The Hall–Kier alpha value is -1.84. The van der Waals surface area contributed by atoms with E-state index in [-0.39, 0.29) is 23.9 Å². The van der Waals surface area contributed by atoms with E-state index in [2.05, 4.69) is 0 Å². The normalized spacial score (nSPS) is 15.5. The molecule has 3 aromatic rings. The van der Waals surface area contributed by atoms with E-state index in [0.717, 1.165) is 10.1 Å². The summed E-state index contributed by atoms with van der Waals surface area (Å²) in [7, 11) is -2.11. The molecule has 1 fully saturated rings. The SMILES string of the molecule is COc1ccc(S(=O)(=O)N2CCN(C(=O)c3sc4cc(Cl)ccc4c3Cl)CC2)cc1. The molecule has 1 aliphatic heterocycles. The topological polar surface area (TPSA) is 66.9 Å². The van der Waals surface area contributed by atoms with Crippen LogP contribution in [0.5, 0.6) is 5.75 Å². The van der Waals surface area contributed by atoms with Crippen LogP contribution in [-0.2, 0) is 10.0 Å². The van der Waals surface area contributed by atoms with Crippen molar-refractivity contribution in [3.63, 3.8) is 0 Å². The predicted octanol–water partition coefficient (Wildman–Crippen LogP) is 4.36. The highest BCUT2D eigenvalue weighted by atomic mass is 35.5. The lowest BCUT2D eigenvalue weighted by molar-refractivity contribution is 0.0703. The average Bonchev–Trinajstić information content (AvgIpc) is 3.08. The van der Waals surface area contributed by atoms with Gasteiger partial charge in [-0.1, -0.05) is 29.3 Å². The number of thiophene rings is 1. The summed E-state index contributed by atoms with van der Waals surface area (Å²) in [6.45, 7) is 1.02. The van der Waals surface area contributed by atoms with Gasteiger partial charge >= 0.3 is 0 Å². The third-order valence-electron chi connectivity index (χ3n) is 5.01. The van der Waals surface area contributed by atoms with Crippen molar-refractivity contribution >= 4 is 60.6 Å². The lowest BCUT2D eigenvalue weighted by atomic mass is 10.2. The predicted molar refractivity (Wildman–Crippen MR) is 120 cm³/mol. The fourth-order valence-corrected chi connectivity index (χ4v) is 6.53. The Morgan fingerprint density at radius 3 is 2.33 bits per heavy atom. The second-order valence-electron chi connectivity index (χ2n) is 6.76. The quantitative estimate of drug-likeness (QED) is 0.551. The zero-order valence-electron chi connectivity index (χ0n) is 16.0. The van der Waals surface area contributed by atoms with Gasteiger partial charge in [0.05, 0.1) is 17.0 Å². The summed E-state index contributed by atoms with van der Waals surface area (Å²) < 4.78 is 33.1. The number of benzene rings is 2. The van der Waals surface area contributed by atoms with Gasteiger partial charge in [0.2, 0.25) is 10.0 Å². The van der Waals surface area contributed by atoms with Crippen molar-refractivity contribution in [2.45, 2.75) is 4.90 Å². The number of nitrogens with zero attached hydrogens (tertiary/aromatic N) is 2. The van der Waals surface area contributed by atoms with Crippen molar-refractivity contribution in [3.8, 4) is 5.75 Å². The Morgan fingerprint density at radius 2 is 1.70 bits per heavy atom. The standard InChI is InChI=1S/C20H18Cl2N2O4S2/c1-28-14-3-5-15(6-4-14)30(26,27)24-10-8-23(9-11-24)20(25)19-18(22)16-7-2-13(21)12-17(16)29-19/h2-7,12H,8-11H2,1H3. The number of carbonyl (C=O) groups is 1. The van der Waals surface area contributed by atoms with Crippen molar-refractivity contribution in [1.82, 2.24) is 9.21 Å². The lowest BCUT2D eigenvalue weighted by Gasteiger charge is -2.33. The monoisotopic (exact) mass is 484 g/mol. The first-order valence-corrected chi connectivity index (χ1v) is 12.1. The number of ether oxygens (including phenoxy) is 1. The maximum absolute atomic E-state index is 13.0. The van der Waals surface area contributed by atoms with E-state index in [9.17, 15) is 13.2 Å². The fourth-order valence-electron chi connectivity index (χ4n) is 3.35. The van der Waals surface area contributed by atoms with Crippen molar-refractivity contribution < 1.29 is 17.9 Å². The second-order valence-corrected chi connectivity index (χ2v) is 10.6. The summed E-state index contributed by atoms with van der Waals surface area (Å²) >= 11 is 13.8. The third kappa shape index (κ3) is 3.90. The Morgan fingerprint density at radius 1 is 1.03 bits per heavy atom. The highest BCUT2D eigenvalue weighted by Gasteiger charge is 2.31. The van der Waals surface area contributed by atoms with Crippen LogP contribution in [-0.4, -0.2) is 56.8 Å². The van der Waals surface area contributed by atoms with E-state index in [0.29, 0.717) is 33.8 Å². The molecule has 4 rings (SSSR count). The van der Waals surface area contributed by atoms with Gasteiger partial charge in [-0.2, -0.15) is 4.31 Å². The second kappa shape index (κ2) is 8.36. The molecule has 0 saturated carbocycles. The van der Waals surface area contributed by atoms with E-state index in [4.69, 9.17) is 27.9 Å². The Balaban J connectivity index is 1.49. The van der Waals surface area contributed by atoms with Crippen LogP contribution in [0.15, 0.2) is 47.4 Å². The molecular weight excluding hydrogens is 467 g/mol. The van der Waals surface area contributed by atoms with E-state index < -0.39 is 10.0 Å². The van der Waals surface area contributed by atoms with Crippen LogP contribution in [0, 0.1) is 0 Å². The van der Waals surface area contributed by atoms with Crippen molar-refractivity contribution in [2.24, 2.45) is 0 Å². The van der Waals surface area contributed by atoms with Crippen LogP contribution in [0.25, 0.3) is 10.1 Å². The number of hydrogen-bond donors (Lipinski definition) is 0. The minimum absolute atomic E-state index is 0.196. The maximum Gasteiger partial charge on any atom is 0.265 e. The molecule has 1 aliphatic rings. The maximum atomic E-state index is 13.0. The molecule has 1 amide bonds. The van der Waals surface area contributed by atoms with Gasteiger partial charge in [-0.05, 0) is 36.4 Å². The van der Waals surface area contributed by atoms with E-state index >= 15 is 0 Å². The molecule has 0 N–H and O–H groups in total. The van der Waals surface area contributed by atoms with Crippen LogP contribution in [0.4, 0.5) is 0 Å². The van der Waals surface area contributed by atoms with Crippen LogP contribution >= 0.6 is 34.5 Å². The minimum Gasteiger partial charge on any atom is -0.497 e. The highest BCUT2D eigenvalue weighted by molar-refractivity contribution is 7.89. The number of hydrogen-bond acceptors (Lipinski definition) is 5. The highest BCUT2D eigenvalue weighted by Crippen LogP contribution is 2.37. The van der Waals surface area contributed by atoms with Crippen LogP contribution in [0.3, 0.4) is 0 Å². The zero-order chi connectivity index (χ0) is 21.5. The van der Waals surface area contributed by atoms with Gasteiger partial charge in [0.15, 0.2) is 0 Å². The first kappa shape index (κ1) is 21.4. The molecule has 0 radical (unpaired) electrons.